The third-order valence-corrected chi connectivity index (χ3v) is 30.8. The Bertz CT molecular complexity index is 5300. The van der Waals surface area contributed by atoms with Crippen LogP contribution in [-0.2, 0) is 57.1 Å². The van der Waals surface area contributed by atoms with Gasteiger partial charge in [0.2, 0.25) is 0 Å². The van der Waals surface area contributed by atoms with E-state index in [0.717, 1.165) is 165 Å². The summed E-state index contributed by atoms with van der Waals surface area (Å²) in [7, 11) is 7.30. The second-order valence-electron chi connectivity index (χ2n) is 36.7. The molecule has 600 valence electrons. The summed E-state index contributed by atoms with van der Waals surface area (Å²) < 4.78 is 50.3. The fourth-order valence-corrected chi connectivity index (χ4v) is 24.9. The lowest BCUT2D eigenvalue weighted by Crippen LogP contribution is -2.43. The molecule has 116 heavy (non-hydrogen) atoms. The van der Waals surface area contributed by atoms with Crippen molar-refractivity contribution in [3.8, 4) is 0 Å². The molecule has 22 rings (SSSR count). The molecule has 0 radical (unpaired) electrons. The van der Waals surface area contributed by atoms with Crippen molar-refractivity contribution >= 4 is 44.7 Å². The number of carbonyl (C=O) groups excluding carboxylic acids is 4. The Balaban J connectivity index is 0.000000103. The number of rotatable bonds is 8. The molecule has 16 aliphatic rings. The summed E-state index contributed by atoms with van der Waals surface area (Å²) in [4.78, 5) is 66.7. The molecule has 0 amide bonds. The Morgan fingerprint density at radius 3 is 1.11 bits per heavy atom. The van der Waals surface area contributed by atoms with Crippen molar-refractivity contribution in [1.29, 1.82) is 0 Å². The van der Waals surface area contributed by atoms with Gasteiger partial charge in [0.1, 0.15) is 47.5 Å². The van der Waals surface area contributed by atoms with Gasteiger partial charge in [-0.25, -0.2) is 0 Å². The van der Waals surface area contributed by atoms with Gasteiger partial charge in [-0.2, -0.15) is 0 Å². The fraction of sp³-hybridized carbons (Fsp3) is 0.480. The average molecular weight is 1560 g/mol. The highest BCUT2D eigenvalue weighted by molar-refractivity contribution is 6.02. The molecule has 8 heterocycles. The second-order valence-corrected chi connectivity index (χ2v) is 36.7. The van der Waals surface area contributed by atoms with Gasteiger partial charge < -0.3 is 37.9 Å². The highest BCUT2D eigenvalue weighted by atomic mass is 16.5. The Hall–Kier alpha value is -9.32. The van der Waals surface area contributed by atoms with Crippen molar-refractivity contribution in [2.75, 3.05) is 28.4 Å². The number of hydrogen-bond acceptors (Lipinski definition) is 16. The summed E-state index contributed by atoms with van der Waals surface area (Å²) in [6.07, 6.45) is 51.2. The van der Waals surface area contributed by atoms with Crippen LogP contribution in [0, 0.1) is 45.3 Å². The zero-order valence-electron chi connectivity index (χ0n) is 68.2. The van der Waals surface area contributed by atoms with Gasteiger partial charge in [-0.3, -0.25) is 39.1 Å². The van der Waals surface area contributed by atoms with Crippen molar-refractivity contribution in [3.63, 3.8) is 0 Å². The predicted molar refractivity (Wildman–Crippen MR) is 443 cm³/mol. The van der Waals surface area contributed by atoms with Crippen LogP contribution in [0.25, 0.3) is 21.5 Å². The van der Waals surface area contributed by atoms with Crippen molar-refractivity contribution in [2.24, 2.45) is 45.3 Å². The molecular formula is C100H108N4O12. The maximum Gasteiger partial charge on any atom is 0.166 e. The van der Waals surface area contributed by atoms with Gasteiger partial charge in [-0.1, -0.05) is 101 Å². The molecule has 0 spiro atoms. The van der Waals surface area contributed by atoms with Gasteiger partial charge in [0.05, 0.1) is 46.7 Å². The monoisotopic (exact) mass is 1560 g/mol. The number of Topliss-reactive ketones (excluding diaryl/α,β-unsaturated/α-hetero) is 4. The van der Waals surface area contributed by atoms with Crippen LogP contribution in [0.1, 0.15) is 202 Å². The standard InChI is InChI=1S/C27H29NO3.C27H27NO3.C23H27NO3.C23H25NO3/c2*1-27-10-8-18-13-20-22(29)4-3-5-23(20)31-26(18)21(27)14-24(30-2)25(27)17-6-7-19-15-28-11-9-16(19)12-17;2*1-23-9-8-14-11-16-18(25)6-3-7-19(16)27-22(14)17(23)12-20(26-2)21(23)15-5-4-10-24-13-15/h6-7,9,11-13,15,21,24-26H,3-5,8,10,14H2,1-2H3;6-13,15,21,24-26H,3-5,14H2,1-2H3;4-5,10-11,13,17,20-22H,3,6-9,12H2,1-2H3;4-5,8-11,13,17,20-22H,3,6-7,12H2,1-2H3/t2*21-,24+,25-,26+,27-;2*17-,20+,21-,22+,23-/m0000/s1. The van der Waals surface area contributed by atoms with Gasteiger partial charge in [0.25, 0.3) is 0 Å². The maximum atomic E-state index is 12.4. The molecule has 0 N–H and O–H groups in total. The summed E-state index contributed by atoms with van der Waals surface area (Å²) in [5, 5.41) is 4.77. The first-order valence-corrected chi connectivity index (χ1v) is 42.9. The van der Waals surface area contributed by atoms with E-state index in [2.05, 4.69) is 157 Å². The molecular weight excluding hydrogens is 1450 g/mol. The van der Waals surface area contributed by atoms with E-state index >= 15 is 0 Å². The van der Waals surface area contributed by atoms with Crippen molar-refractivity contribution in [3.05, 3.63) is 261 Å². The Labute approximate surface area is 681 Å². The summed E-state index contributed by atoms with van der Waals surface area (Å²) in [5.41, 5.74) is 13.4. The van der Waals surface area contributed by atoms with E-state index in [1.165, 1.54) is 49.6 Å². The highest BCUT2D eigenvalue weighted by Gasteiger charge is 2.63. The number of pyridine rings is 4. The number of aromatic nitrogens is 4. The van der Waals surface area contributed by atoms with Crippen LogP contribution in [0.3, 0.4) is 0 Å². The molecule has 6 fully saturated rings. The van der Waals surface area contributed by atoms with Gasteiger partial charge in [-0.15, -0.1) is 0 Å². The number of methoxy groups -OCH3 is 4. The van der Waals surface area contributed by atoms with E-state index < -0.39 is 0 Å². The van der Waals surface area contributed by atoms with Crippen LogP contribution in [0.2, 0.25) is 0 Å². The molecule has 0 bridgehead atoms. The summed E-state index contributed by atoms with van der Waals surface area (Å²) in [6.45, 7) is 9.52. The number of benzene rings is 2. The van der Waals surface area contributed by atoms with Crippen LogP contribution in [0.15, 0.2) is 239 Å². The van der Waals surface area contributed by atoms with Crippen molar-refractivity contribution in [2.45, 2.75) is 229 Å². The molecule has 12 aliphatic carbocycles. The number of nitrogens with zero attached hydrogens (tertiary/aromatic N) is 4. The minimum absolute atomic E-state index is 0.00368. The average Bonchev–Trinajstić information content (AvgIpc) is 1.56. The summed E-state index contributed by atoms with van der Waals surface area (Å²) in [5.74, 6) is 7.17. The number of ketones is 4. The number of allylic oxidation sites excluding steroid dienone is 14. The molecule has 16 heteroatoms. The Morgan fingerprint density at radius 1 is 0.353 bits per heavy atom. The highest BCUT2D eigenvalue weighted by Crippen LogP contribution is 2.67. The topological polar surface area (TPSA) is 194 Å². The maximum absolute atomic E-state index is 12.4. The quantitative estimate of drug-likeness (QED) is 0.139. The second kappa shape index (κ2) is 30.6. The largest absolute Gasteiger partial charge is 0.489 e. The lowest BCUT2D eigenvalue weighted by molar-refractivity contribution is -0.117. The SMILES string of the molecule is CO[C@@H]1C[C@H]2[C@@H]3OC4=C(C=C3C=C[C@]2(C)[C@H]1c1ccc2cnccc2c1)C(=O)CCC4.CO[C@@H]1C[C@H]2[C@@H]3OC4=C(C=C3C=C[C@]2(C)[C@H]1c1cccnc1)C(=O)CCC4.CO[C@@H]1C[C@H]2[C@@H]3OC4=C(C=C3CC[C@]2(C)[C@H]1c1ccc2cnccc2c1)C(=O)CCC4.CO[C@@H]1C[C@H]2[C@@H]3OC4=C(C=C3CC[C@]2(C)[C@H]1c1cccnc1)C(=O)CCC4. The molecule has 2 aromatic carbocycles. The molecule has 20 atom stereocenters. The van der Waals surface area contributed by atoms with Crippen LogP contribution < -0.4 is 0 Å². The smallest absolute Gasteiger partial charge is 0.166 e. The lowest BCUT2D eigenvalue weighted by Gasteiger charge is -2.47. The number of ether oxygens (including phenoxy) is 8. The van der Waals surface area contributed by atoms with Crippen LogP contribution in [-0.4, -0.2) is 120 Å². The van der Waals surface area contributed by atoms with Crippen LogP contribution >= 0.6 is 0 Å². The summed E-state index contributed by atoms with van der Waals surface area (Å²) in [6, 6.07) is 26.0. The molecule has 16 nitrogen and oxygen atoms in total. The molecule has 0 saturated heterocycles. The molecule has 4 aromatic heterocycles. The zero-order chi connectivity index (χ0) is 79.5. The minimum atomic E-state index is -0.0832. The molecule has 0 unspecified atom stereocenters. The molecule has 6 saturated carbocycles. The van der Waals surface area contributed by atoms with Gasteiger partial charge in [0.15, 0.2) is 23.1 Å². The Morgan fingerprint density at radius 2 is 0.707 bits per heavy atom. The first kappa shape index (κ1) is 76.6. The number of carbonyl (C=O) groups is 4. The van der Waals surface area contributed by atoms with Gasteiger partial charge in [0, 0.05) is 198 Å². The third-order valence-electron chi connectivity index (χ3n) is 30.8. The van der Waals surface area contributed by atoms with Gasteiger partial charge >= 0.3 is 0 Å². The first-order valence-electron chi connectivity index (χ1n) is 42.9. The zero-order valence-corrected chi connectivity index (χ0v) is 68.2. The first-order chi connectivity index (χ1) is 56.4. The van der Waals surface area contributed by atoms with Crippen molar-refractivity contribution in [1.82, 2.24) is 19.9 Å². The van der Waals surface area contributed by atoms with E-state index in [0.29, 0.717) is 61.2 Å². The van der Waals surface area contributed by atoms with Gasteiger partial charge in [-0.05, 0) is 192 Å². The van der Waals surface area contributed by atoms with E-state index in [-0.39, 0.29) is 105 Å². The summed E-state index contributed by atoms with van der Waals surface area (Å²) >= 11 is 0. The molecule has 6 aromatic rings. The normalized spacial score (nSPS) is 35.9. The predicted octanol–water partition coefficient (Wildman–Crippen LogP) is 19.2. The van der Waals surface area contributed by atoms with E-state index in [9.17, 15) is 19.2 Å². The fourth-order valence-electron chi connectivity index (χ4n) is 24.9. The molecule has 4 aliphatic heterocycles. The van der Waals surface area contributed by atoms with E-state index in [1.54, 1.807) is 7.11 Å². The van der Waals surface area contributed by atoms with Crippen molar-refractivity contribution < 1.29 is 57.1 Å². The minimum Gasteiger partial charge on any atom is -0.489 e. The van der Waals surface area contributed by atoms with Crippen LogP contribution in [0.4, 0.5) is 0 Å². The number of fused-ring (bicyclic) bond motifs is 14. The Kier molecular flexibility index (Phi) is 20.2. The third kappa shape index (κ3) is 13.0. The number of hydrogen-bond donors (Lipinski definition) is 0. The van der Waals surface area contributed by atoms with E-state index in [4.69, 9.17) is 37.9 Å². The lowest BCUT2D eigenvalue weighted by atomic mass is 9.61. The van der Waals surface area contributed by atoms with Crippen LogP contribution in [0.5, 0.6) is 0 Å². The van der Waals surface area contributed by atoms with E-state index in [1.807, 2.05) is 83.0 Å².